The first-order valence-corrected chi connectivity index (χ1v) is 7.96. The average Bonchev–Trinajstić information content (AvgIpc) is 2.58. The normalized spacial score (nSPS) is 13.0. The standard InChI is InChI=1S/C19H23N3O2/c1-14-9-11-15(12-10-14)13-22(3)17(16-7-5-4-6-8-16)18(23)21-19(24)20-2/h4-12,17H,13H2,1-3H3,(H2,20,21,23,24)/p+1/t17-/m0/s1. The molecule has 2 atom stereocenters. The second-order valence-electron chi connectivity index (χ2n) is 5.92. The number of urea groups is 1. The summed E-state index contributed by atoms with van der Waals surface area (Å²) in [5.41, 5.74) is 3.23. The number of imide groups is 1. The van der Waals surface area contributed by atoms with E-state index in [2.05, 4.69) is 34.9 Å². The van der Waals surface area contributed by atoms with Crippen LogP contribution in [0.2, 0.25) is 0 Å². The largest absolute Gasteiger partial charge is 0.341 e. The van der Waals surface area contributed by atoms with Crippen LogP contribution in [0.1, 0.15) is 22.7 Å². The second kappa shape index (κ2) is 8.26. The quantitative estimate of drug-likeness (QED) is 0.773. The van der Waals surface area contributed by atoms with Gasteiger partial charge < -0.3 is 10.2 Å². The Balaban J connectivity index is 2.22. The van der Waals surface area contributed by atoms with Gasteiger partial charge in [-0.1, -0.05) is 60.2 Å². The van der Waals surface area contributed by atoms with Gasteiger partial charge in [-0.15, -0.1) is 0 Å². The van der Waals surface area contributed by atoms with Crippen LogP contribution in [0.4, 0.5) is 4.79 Å². The molecule has 2 rings (SSSR count). The minimum Gasteiger partial charge on any atom is -0.341 e. The van der Waals surface area contributed by atoms with Gasteiger partial charge in [-0.3, -0.25) is 10.1 Å². The number of nitrogens with one attached hydrogen (secondary N) is 3. The van der Waals surface area contributed by atoms with Crippen LogP contribution in [0.15, 0.2) is 54.6 Å². The molecule has 0 saturated carbocycles. The van der Waals surface area contributed by atoms with Crippen LogP contribution >= 0.6 is 0 Å². The van der Waals surface area contributed by atoms with Crippen molar-refractivity contribution in [2.24, 2.45) is 0 Å². The monoisotopic (exact) mass is 326 g/mol. The molecule has 0 spiro atoms. The Hall–Kier alpha value is -2.66. The molecule has 0 aromatic heterocycles. The fraction of sp³-hybridized carbons (Fsp3) is 0.263. The van der Waals surface area contributed by atoms with Gasteiger partial charge in [0.05, 0.1) is 7.05 Å². The van der Waals surface area contributed by atoms with Crippen molar-refractivity contribution in [1.29, 1.82) is 0 Å². The summed E-state index contributed by atoms with van der Waals surface area (Å²) < 4.78 is 0. The van der Waals surface area contributed by atoms with Gasteiger partial charge in [0.15, 0.2) is 6.04 Å². The number of rotatable bonds is 5. The van der Waals surface area contributed by atoms with Gasteiger partial charge in [-0.05, 0) is 6.92 Å². The van der Waals surface area contributed by atoms with E-state index in [4.69, 9.17) is 0 Å². The SMILES string of the molecule is CNC(=O)NC(=O)[C@H](c1ccccc1)[NH+](C)Cc1ccc(C)cc1. The van der Waals surface area contributed by atoms with E-state index in [1.165, 1.54) is 12.6 Å². The summed E-state index contributed by atoms with van der Waals surface area (Å²) in [5.74, 6) is -0.315. The molecule has 24 heavy (non-hydrogen) atoms. The van der Waals surface area contributed by atoms with Crippen molar-refractivity contribution in [3.8, 4) is 0 Å². The molecule has 3 amide bonds. The van der Waals surface area contributed by atoms with Crippen LogP contribution in [0, 0.1) is 6.92 Å². The van der Waals surface area contributed by atoms with Crippen LogP contribution < -0.4 is 15.5 Å². The Bertz CT molecular complexity index is 684. The first-order valence-electron chi connectivity index (χ1n) is 7.96. The van der Waals surface area contributed by atoms with Gasteiger partial charge in [0.1, 0.15) is 6.54 Å². The first-order chi connectivity index (χ1) is 11.5. The topological polar surface area (TPSA) is 62.6 Å². The van der Waals surface area contributed by atoms with Crippen LogP contribution in [-0.2, 0) is 11.3 Å². The molecule has 0 fully saturated rings. The van der Waals surface area contributed by atoms with E-state index in [1.807, 2.05) is 44.3 Å². The van der Waals surface area contributed by atoms with Crippen molar-refractivity contribution in [2.75, 3.05) is 14.1 Å². The molecule has 126 valence electrons. The molecule has 2 aromatic rings. The van der Waals surface area contributed by atoms with Crippen molar-refractivity contribution in [3.05, 3.63) is 71.3 Å². The highest BCUT2D eigenvalue weighted by atomic mass is 16.2. The third kappa shape index (κ3) is 4.67. The van der Waals surface area contributed by atoms with Crippen LogP contribution in [0.3, 0.4) is 0 Å². The fourth-order valence-corrected chi connectivity index (χ4v) is 2.68. The Kier molecular flexibility index (Phi) is 6.09. The number of carbonyl (C=O) groups excluding carboxylic acids is 2. The minimum absolute atomic E-state index is 0.315. The van der Waals surface area contributed by atoms with Gasteiger partial charge in [0.2, 0.25) is 0 Å². The molecule has 5 heteroatoms. The van der Waals surface area contributed by atoms with E-state index < -0.39 is 12.1 Å². The van der Waals surface area contributed by atoms with Gasteiger partial charge in [-0.25, -0.2) is 4.79 Å². The molecule has 0 heterocycles. The number of carbonyl (C=O) groups is 2. The molecule has 5 nitrogen and oxygen atoms in total. The maximum absolute atomic E-state index is 12.6. The molecule has 0 aliphatic heterocycles. The number of likely N-dealkylation sites (N-methyl/N-ethyl adjacent to an activating group) is 1. The number of hydrogen-bond acceptors (Lipinski definition) is 2. The molecular formula is C19H24N3O2+. The highest BCUT2D eigenvalue weighted by Crippen LogP contribution is 2.10. The summed E-state index contributed by atoms with van der Waals surface area (Å²) in [5, 5.41) is 4.81. The van der Waals surface area contributed by atoms with E-state index in [1.54, 1.807) is 0 Å². The highest BCUT2D eigenvalue weighted by molar-refractivity contribution is 5.96. The van der Waals surface area contributed by atoms with Gasteiger partial charge in [0, 0.05) is 18.2 Å². The zero-order valence-corrected chi connectivity index (χ0v) is 14.3. The average molecular weight is 326 g/mol. The molecule has 0 bridgehead atoms. The van der Waals surface area contributed by atoms with E-state index in [0.717, 1.165) is 16.0 Å². The lowest BCUT2D eigenvalue weighted by molar-refractivity contribution is -0.916. The lowest BCUT2D eigenvalue weighted by Gasteiger charge is -2.24. The lowest BCUT2D eigenvalue weighted by Crippen LogP contribution is -3.09. The maximum atomic E-state index is 12.6. The van der Waals surface area contributed by atoms with Gasteiger partial charge >= 0.3 is 6.03 Å². The van der Waals surface area contributed by atoms with Crippen molar-refractivity contribution < 1.29 is 14.5 Å². The van der Waals surface area contributed by atoms with Crippen molar-refractivity contribution in [2.45, 2.75) is 19.5 Å². The molecular weight excluding hydrogens is 302 g/mol. The zero-order valence-electron chi connectivity index (χ0n) is 14.3. The van der Waals surface area contributed by atoms with E-state index >= 15 is 0 Å². The van der Waals surface area contributed by atoms with Crippen molar-refractivity contribution in [1.82, 2.24) is 10.6 Å². The molecule has 0 aliphatic rings. The third-order valence-electron chi connectivity index (χ3n) is 3.96. The molecule has 0 aliphatic carbocycles. The van der Waals surface area contributed by atoms with Crippen LogP contribution in [0.5, 0.6) is 0 Å². The van der Waals surface area contributed by atoms with Crippen molar-refractivity contribution >= 4 is 11.9 Å². The summed E-state index contributed by atoms with van der Waals surface area (Å²) in [6.45, 7) is 2.73. The lowest BCUT2D eigenvalue weighted by atomic mass is 10.0. The summed E-state index contributed by atoms with van der Waals surface area (Å²) in [7, 11) is 3.45. The zero-order chi connectivity index (χ0) is 17.5. The number of benzene rings is 2. The number of aryl methyl sites for hydroxylation is 1. The van der Waals surface area contributed by atoms with E-state index in [-0.39, 0.29) is 5.91 Å². The summed E-state index contributed by atoms with van der Waals surface area (Å²) in [4.78, 5) is 25.1. The summed E-state index contributed by atoms with van der Waals surface area (Å²) in [6, 6.07) is 16.8. The maximum Gasteiger partial charge on any atom is 0.321 e. The first kappa shape index (κ1) is 17.7. The summed E-state index contributed by atoms with van der Waals surface area (Å²) in [6.07, 6.45) is 0. The number of quaternary nitrogens is 1. The molecule has 1 unspecified atom stereocenters. The van der Waals surface area contributed by atoms with E-state index in [0.29, 0.717) is 6.54 Å². The Morgan fingerprint density at radius 2 is 1.67 bits per heavy atom. The smallest absolute Gasteiger partial charge is 0.321 e. The Labute approximate surface area is 142 Å². The number of amides is 3. The molecule has 2 aromatic carbocycles. The second-order valence-corrected chi connectivity index (χ2v) is 5.92. The molecule has 0 radical (unpaired) electrons. The minimum atomic E-state index is -0.496. The fourth-order valence-electron chi connectivity index (χ4n) is 2.68. The molecule has 3 N–H and O–H groups in total. The van der Waals surface area contributed by atoms with E-state index in [9.17, 15) is 9.59 Å². The Morgan fingerprint density at radius 3 is 2.25 bits per heavy atom. The Morgan fingerprint density at radius 1 is 1.04 bits per heavy atom. The van der Waals surface area contributed by atoms with Gasteiger partial charge in [-0.2, -0.15) is 0 Å². The van der Waals surface area contributed by atoms with Crippen molar-refractivity contribution in [3.63, 3.8) is 0 Å². The number of hydrogen-bond donors (Lipinski definition) is 3. The van der Waals surface area contributed by atoms with Crippen LogP contribution in [-0.4, -0.2) is 26.0 Å². The third-order valence-corrected chi connectivity index (χ3v) is 3.96. The predicted molar refractivity (Wildman–Crippen MR) is 93.6 cm³/mol. The molecule has 0 saturated heterocycles. The highest BCUT2D eigenvalue weighted by Gasteiger charge is 2.30. The summed E-state index contributed by atoms with van der Waals surface area (Å²) >= 11 is 0. The predicted octanol–water partition coefficient (Wildman–Crippen LogP) is 1.21. The van der Waals surface area contributed by atoms with Gasteiger partial charge in [0.25, 0.3) is 5.91 Å². The van der Waals surface area contributed by atoms with Crippen LogP contribution in [0.25, 0.3) is 0 Å².